The highest BCUT2D eigenvalue weighted by atomic mass is 15.6. The quantitative estimate of drug-likeness (QED) is 0.160. The van der Waals surface area contributed by atoms with Gasteiger partial charge in [0.15, 0.2) is 0 Å². The molecule has 0 spiro atoms. The van der Waals surface area contributed by atoms with Crippen molar-refractivity contribution in [1.82, 2.24) is 34.3 Å². The summed E-state index contributed by atoms with van der Waals surface area (Å²) in [6.45, 7) is 77.9. The van der Waals surface area contributed by atoms with Crippen LogP contribution in [0.5, 0.6) is 0 Å². The van der Waals surface area contributed by atoms with Gasteiger partial charge in [-0.1, -0.05) is 48.5 Å². The molecule has 0 amide bonds. The largest absolute Gasteiger partial charge is 0.314 e. The van der Waals surface area contributed by atoms with Crippen LogP contribution in [0, 0.1) is 0 Å². The minimum Gasteiger partial charge on any atom is -0.314 e. The molecule has 0 aromatic heterocycles. The summed E-state index contributed by atoms with van der Waals surface area (Å²) < 4.78 is 7.96. The van der Waals surface area contributed by atoms with Crippen molar-refractivity contribution < 1.29 is 31.4 Å². The predicted molar refractivity (Wildman–Crippen MR) is 393 cm³/mol. The summed E-state index contributed by atoms with van der Waals surface area (Å²) >= 11 is 0. The third-order valence-electron chi connectivity index (χ3n) is 25.2. The maximum atomic E-state index is 2.66. The molecule has 7 fully saturated rings. The van der Waals surface area contributed by atoms with Gasteiger partial charge in [-0.2, -0.15) is 0 Å². The highest BCUT2D eigenvalue weighted by Crippen LogP contribution is 2.35. The number of rotatable bonds is 14. The van der Waals surface area contributed by atoms with Crippen molar-refractivity contribution in [3.8, 4) is 0 Å². The van der Waals surface area contributed by atoms with Gasteiger partial charge in [-0.3, -0.25) is 4.90 Å². The first-order chi connectivity index (χ1) is 40.0. The van der Waals surface area contributed by atoms with E-state index in [1.807, 2.05) is 0 Å². The number of likely N-dealkylation sites (N-methyl/N-ethyl adjacent to an activating group) is 7. The van der Waals surface area contributed by atoms with Crippen LogP contribution in [-0.2, 0) is 0 Å². The Kier molecular flexibility index (Phi) is 32.2. The maximum Gasteiger partial charge on any atom is 0.135 e. The zero-order chi connectivity index (χ0) is 70.1. The standard InChI is InChI=1S/C12H27N2.3C11H25N2.3C10H23N2/c1-8-12(4,5)13-9-14(6,7)11(3)10(13)2;1-7-10(2)12-9-13(5,6)8-11(12,3)4;1-7-10(2)12-8-11(3,4)13(5,6)9-12;1-7-9(2)12-8-13(5,6)11(4)10(12)3;1-6-7-11-9-12(4,5)8-10(11,2)3;1-6-7-11-8-10(2,3)12(4,5)9-11;1-6-7-11-8-12(4,5)10(3)9(11)2/h10-11H,8-9H2,1-7H3;2*10H,7-9H2,1-6H3;9-11H,7-8H2,1-6H3;2*6-9H2,1-5H3;9-10H,6-8H2,1-5H3/q7*+1. The molecule has 7 aliphatic heterocycles. The Morgan fingerprint density at radius 1 is 0.427 bits per heavy atom. The summed E-state index contributed by atoms with van der Waals surface area (Å²) in [5.41, 5.74) is 1.96. The molecule has 7 aliphatic rings. The van der Waals surface area contributed by atoms with Crippen LogP contribution in [0.15, 0.2) is 0 Å². The highest BCUT2D eigenvalue weighted by molar-refractivity contribution is 4.90. The number of hydrogen-bond acceptors (Lipinski definition) is 7. The molecule has 0 saturated carbocycles. The molecule has 0 aromatic carbocycles. The lowest BCUT2D eigenvalue weighted by molar-refractivity contribution is -0.927. The Labute approximate surface area is 561 Å². The second-order valence-electron chi connectivity index (χ2n) is 37.8. The molecule has 0 N–H and O–H groups in total. The van der Waals surface area contributed by atoms with Gasteiger partial charge in [-0.05, 0) is 176 Å². The van der Waals surface area contributed by atoms with Gasteiger partial charge in [0.2, 0.25) is 0 Å². The first-order valence-corrected chi connectivity index (χ1v) is 37.0. The van der Waals surface area contributed by atoms with Crippen LogP contribution in [0.2, 0.25) is 0 Å². The van der Waals surface area contributed by atoms with E-state index in [0.717, 1.165) is 79.7 Å². The molecular formula is C75H171N14+7. The normalized spacial score (nSPS) is 31.4. The van der Waals surface area contributed by atoms with Gasteiger partial charge >= 0.3 is 0 Å². The monoisotopic (exact) mass is 1270 g/mol. The Hall–Kier alpha value is -0.560. The fourth-order valence-electron chi connectivity index (χ4n) is 16.1. The zero-order valence-electron chi connectivity index (χ0n) is 68.8. The van der Waals surface area contributed by atoms with Crippen molar-refractivity contribution in [2.45, 2.75) is 307 Å². The van der Waals surface area contributed by atoms with Crippen LogP contribution in [0.25, 0.3) is 0 Å². The van der Waals surface area contributed by atoms with Crippen LogP contribution in [0.1, 0.15) is 225 Å². The van der Waals surface area contributed by atoms with Crippen molar-refractivity contribution in [2.24, 2.45) is 0 Å². The fraction of sp³-hybridized carbons (Fsp3) is 1.00. The van der Waals surface area contributed by atoms with Crippen molar-refractivity contribution in [3.05, 3.63) is 0 Å². The zero-order valence-corrected chi connectivity index (χ0v) is 68.8. The summed E-state index contributed by atoms with van der Waals surface area (Å²) in [5, 5.41) is 0. The minimum absolute atomic E-state index is 0.347. The molecule has 9 atom stereocenters. The van der Waals surface area contributed by atoms with Crippen LogP contribution in [0.3, 0.4) is 0 Å². The van der Waals surface area contributed by atoms with Gasteiger partial charge in [-0.25, -0.2) is 29.4 Å². The highest BCUT2D eigenvalue weighted by Gasteiger charge is 2.51. The van der Waals surface area contributed by atoms with Crippen LogP contribution < -0.4 is 0 Å². The Bertz CT molecular complexity index is 1990. The predicted octanol–water partition coefficient (Wildman–Crippen LogP) is 12.6. The molecule has 0 radical (unpaired) electrons. The van der Waals surface area contributed by atoms with E-state index in [1.54, 1.807) is 0 Å². The molecule has 7 rings (SSSR count). The van der Waals surface area contributed by atoms with E-state index < -0.39 is 0 Å². The van der Waals surface area contributed by atoms with Gasteiger partial charge in [0.1, 0.15) is 75.9 Å². The molecule has 534 valence electrons. The molecule has 0 aromatic rings. The third kappa shape index (κ3) is 23.6. The van der Waals surface area contributed by atoms with E-state index in [0.29, 0.717) is 33.7 Å². The number of hydrogen-bond donors (Lipinski definition) is 0. The average molecular weight is 1270 g/mol. The van der Waals surface area contributed by atoms with E-state index >= 15 is 0 Å². The fourth-order valence-corrected chi connectivity index (χ4v) is 16.1. The molecule has 0 bridgehead atoms. The van der Waals surface area contributed by atoms with E-state index in [-0.39, 0.29) is 0 Å². The molecule has 7 heterocycles. The summed E-state index contributed by atoms with van der Waals surface area (Å²) in [6.07, 6.45) is 8.82. The lowest BCUT2D eigenvalue weighted by Gasteiger charge is -2.36. The summed E-state index contributed by atoms with van der Waals surface area (Å²) in [5.74, 6) is 0. The van der Waals surface area contributed by atoms with E-state index in [4.69, 9.17) is 0 Å². The molecule has 89 heavy (non-hydrogen) atoms. The van der Waals surface area contributed by atoms with Gasteiger partial charge in [-0.15, -0.1) is 0 Å². The molecular weight excluding hydrogens is 1100 g/mol. The second kappa shape index (κ2) is 33.1. The molecule has 0 aliphatic carbocycles. The molecule has 14 heteroatoms. The summed E-state index contributed by atoms with van der Waals surface area (Å²) in [7, 11) is 32.6. The Morgan fingerprint density at radius 3 is 1.16 bits per heavy atom. The Morgan fingerprint density at radius 2 is 0.843 bits per heavy atom. The van der Waals surface area contributed by atoms with Gasteiger partial charge in [0.05, 0.1) is 154 Å². The van der Waals surface area contributed by atoms with Gasteiger partial charge < -0.3 is 31.4 Å². The van der Waals surface area contributed by atoms with Crippen LogP contribution >= 0.6 is 0 Å². The van der Waals surface area contributed by atoms with Crippen molar-refractivity contribution >= 4 is 0 Å². The maximum absolute atomic E-state index is 2.66. The topological polar surface area (TPSA) is 22.7 Å². The van der Waals surface area contributed by atoms with E-state index in [1.165, 1.54) is 137 Å². The number of quaternary nitrogens is 7. The molecule has 7 saturated heterocycles. The third-order valence-corrected chi connectivity index (χ3v) is 25.2. The van der Waals surface area contributed by atoms with E-state index in [2.05, 4.69) is 313 Å². The van der Waals surface area contributed by atoms with Crippen molar-refractivity contribution in [2.75, 3.05) is 191 Å². The SMILES string of the molecule is CCC(C)(C)N1C[N+](C)(C)C(C)C1C.CCC(C)N1CC(C)(C)[N+](C)(C)C1.CCC(C)N1C[N+](C)(C)C(C)C1C.CCC(C)N1C[N+](C)(C)CC1(C)C.CCCN1CC(C)(C)[N+](C)(C)C1.CCCN1C[N+](C)(C)C(C)C1C.CCCN1C[N+](C)(C)CC1(C)C. The summed E-state index contributed by atoms with van der Waals surface area (Å²) in [4.78, 5) is 18.3. The minimum atomic E-state index is 0.347. The van der Waals surface area contributed by atoms with Gasteiger partial charge in [0, 0.05) is 43.3 Å². The van der Waals surface area contributed by atoms with Crippen molar-refractivity contribution in [1.29, 1.82) is 0 Å². The van der Waals surface area contributed by atoms with Crippen LogP contribution in [0.4, 0.5) is 0 Å². The van der Waals surface area contributed by atoms with Crippen molar-refractivity contribution in [3.63, 3.8) is 0 Å². The average Bonchev–Trinajstić information content (AvgIpc) is 3.33. The van der Waals surface area contributed by atoms with Crippen LogP contribution in [-0.4, -0.2) is 339 Å². The molecule has 14 nitrogen and oxygen atoms in total. The van der Waals surface area contributed by atoms with E-state index in [9.17, 15) is 0 Å². The lowest BCUT2D eigenvalue weighted by Crippen LogP contribution is -2.52. The van der Waals surface area contributed by atoms with Gasteiger partial charge in [0.25, 0.3) is 0 Å². The smallest absolute Gasteiger partial charge is 0.135 e. The Balaban J connectivity index is 0.000000519. The molecule has 9 unspecified atom stereocenters. The first kappa shape index (κ1) is 86.5. The summed E-state index contributed by atoms with van der Waals surface area (Å²) in [6, 6.07) is 6.63. The lowest BCUT2D eigenvalue weighted by atomic mass is 9.97. The first-order valence-electron chi connectivity index (χ1n) is 37.0. The number of nitrogens with zero attached hydrogens (tertiary/aromatic N) is 14. The second-order valence-corrected chi connectivity index (χ2v) is 37.8.